The van der Waals surface area contributed by atoms with E-state index in [4.69, 9.17) is 16.3 Å². The maximum atomic E-state index is 12.8. The van der Waals surface area contributed by atoms with Crippen molar-refractivity contribution in [3.8, 4) is 5.75 Å². The lowest BCUT2D eigenvalue weighted by Gasteiger charge is -2.09. The van der Waals surface area contributed by atoms with Crippen LogP contribution in [-0.4, -0.2) is 19.7 Å². The number of halogens is 2. The molecular formula is C12H13ClFNO. The highest BCUT2D eigenvalue weighted by atomic mass is 35.5. The van der Waals surface area contributed by atoms with Gasteiger partial charge >= 0.3 is 0 Å². The number of benzene rings is 1. The molecule has 0 aromatic heterocycles. The molecule has 1 N–H and O–H groups in total. The topological polar surface area (TPSA) is 21.3 Å². The third-order valence-corrected chi connectivity index (χ3v) is 3.89. The molecule has 2 nitrogen and oxygen atoms in total. The van der Waals surface area contributed by atoms with Crippen LogP contribution in [0.2, 0.25) is 5.02 Å². The summed E-state index contributed by atoms with van der Waals surface area (Å²) in [7, 11) is 0. The number of piperidine rings is 1. The van der Waals surface area contributed by atoms with Gasteiger partial charge in [0.15, 0.2) is 0 Å². The van der Waals surface area contributed by atoms with Crippen molar-refractivity contribution < 1.29 is 9.13 Å². The number of hydrogen-bond donors (Lipinski definition) is 1. The lowest BCUT2D eigenvalue weighted by molar-refractivity contribution is 0.280. The van der Waals surface area contributed by atoms with Crippen molar-refractivity contribution in [2.24, 2.45) is 17.8 Å². The first-order chi connectivity index (χ1) is 7.75. The van der Waals surface area contributed by atoms with Gasteiger partial charge in [0.1, 0.15) is 11.6 Å². The van der Waals surface area contributed by atoms with E-state index in [0.717, 1.165) is 24.9 Å². The SMILES string of the molecule is Fc1ccc(OCC2[C@H]3CNC[C@@H]23)c(Cl)c1. The van der Waals surface area contributed by atoms with Crippen molar-refractivity contribution in [2.45, 2.75) is 0 Å². The Kier molecular flexibility index (Phi) is 2.52. The second-order valence-corrected chi connectivity index (χ2v) is 4.94. The molecule has 3 atom stereocenters. The van der Waals surface area contributed by atoms with Gasteiger partial charge in [0.2, 0.25) is 0 Å². The van der Waals surface area contributed by atoms with Gasteiger partial charge in [-0.3, -0.25) is 0 Å². The highest BCUT2D eigenvalue weighted by Gasteiger charge is 2.52. The summed E-state index contributed by atoms with van der Waals surface area (Å²) >= 11 is 5.88. The maximum Gasteiger partial charge on any atom is 0.138 e. The summed E-state index contributed by atoms with van der Waals surface area (Å²) in [5, 5.41) is 3.69. The zero-order valence-corrected chi connectivity index (χ0v) is 9.51. The van der Waals surface area contributed by atoms with Crippen LogP contribution in [0.1, 0.15) is 0 Å². The number of fused-ring (bicyclic) bond motifs is 1. The fraction of sp³-hybridized carbons (Fsp3) is 0.500. The van der Waals surface area contributed by atoms with Crippen molar-refractivity contribution in [1.29, 1.82) is 0 Å². The van der Waals surface area contributed by atoms with Crippen LogP contribution in [0.4, 0.5) is 4.39 Å². The van der Waals surface area contributed by atoms with Gasteiger partial charge in [-0.2, -0.15) is 0 Å². The average Bonchev–Trinajstić information content (AvgIpc) is 2.71. The van der Waals surface area contributed by atoms with Crippen LogP contribution in [0.25, 0.3) is 0 Å². The summed E-state index contributed by atoms with van der Waals surface area (Å²) in [6, 6.07) is 4.25. The second kappa shape index (κ2) is 3.90. The average molecular weight is 242 g/mol. The molecule has 1 aromatic rings. The van der Waals surface area contributed by atoms with Crippen LogP contribution in [-0.2, 0) is 0 Å². The third kappa shape index (κ3) is 1.78. The minimum Gasteiger partial charge on any atom is -0.492 e. The zero-order valence-electron chi connectivity index (χ0n) is 8.75. The fourth-order valence-electron chi connectivity index (χ4n) is 2.57. The van der Waals surface area contributed by atoms with Crippen molar-refractivity contribution in [2.75, 3.05) is 19.7 Å². The Hall–Kier alpha value is -0.800. The molecular weight excluding hydrogens is 229 g/mol. The van der Waals surface area contributed by atoms with Crippen molar-refractivity contribution >= 4 is 11.6 Å². The highest BCUT2D eigenvalue weighted by molar-refractivity contribution is 6.32. The molecule has 1 aromatic carbocycles. The number of ether oxygens (including phenoxy) is 1. The van der Waals surface area contributed by atoms with E-state index in [2.05, 4.69) is 5.32 Å². The van der Waals surface area contributed by atoms with E-state index in [-0.39, 0.29) is 5.82 Å². The van der Waals surface area contributed by atoms with E-state index >= 15 is 0 Å². The Morgan fingerprint density at radius 2 is 2.12 bits per heavy atom. The molecule has 0 spiro atoms. The Balaban J connectivity index is 1.59. The highest BCUT2D eigenvalue weighted by Crippen LogP contribution is 2.48. The molecule has 86 valence electrons. The fourth-order valence-corrected chi connectivity index (χ4v) is 2.79. The minimum atomic E-state index is -0.329. The van der Waals surface area contributed by atoms with Gasteiger partial charge in [0, 0.05) is 5.92 Å². The summed E-state index contributed by atoms with van der Waals surface area (Å²) < 4.78 is 18.4. The largest absolute Gasteiger partial charge is 0.492 e. The van der Waals surface area contributed by atoms with Crippen molar-refractivity contribution in [1.82, 2.24) is 5.32 Å². The molecule has 0 radical (unpaired) electrons. The molecule has 4 heteroatoms. The van der Waals surface area contributed by atoms with Crippen LogP contribution in [0.3, 0.4) is 0 Å². The molecule has 1 saturated carbocycles. The number of nitrogens with one attached hydrogen (secondary N) is 1. The van der Waals surface area contributed by atoms with Gasteiger partial charge in [0.05, 0.1) is 11.6 Å². The molecule has 3 rings (SSSR count). The molecule has 1 saturated heterocycles. The molecule has 16 heavy (non-hydrogen) atoms. The van der Waals surface area contributed by atoms with Crippen molar-refractivity contribution in [3.05, 3.63) is 29.0 Å². The van der Waals surface area contributed by atoms with Gasteiger partial charge in [-0.05, 0) is 43.1 Å². The second-order valence-electron chi connectivity index (χ2n) is 4.54. The first-order valence-electron chi connectivity index (χ1n) is 5.54. The normalized spacial score (nSPS) is 31.2. The van der Waals surface area contributed by atoms with Gasteiger partial charge in [-0.15, -0.1) is 0 Å². The Bertz CT molecular complexity index is 402. The minimum absolute atomic E-state index is 0.329. The van der Waals surface area contributed by atoms with Crippen LogP contribution in [0, 0.1) is 23.6 Å². The quantitative estimate of drug-likeness (QED) is 0.877. The van der Waals surface area contributed by atoms with E-state index in [9.17, 15) is 4.39 Å². The molecule has 1 aliphatic carbocycles. The van der Waals surface area contributed by atoms with Crippen LogP contribution in [0.15, 0.2) is 18.2 Å². The Morgan fingerprint density at radius 3 is 2.81 bits per heavy atom. The molecule has 2 aliphatic rings. The summed E-state index contributed by atoms with van der Waals surface area (Å²) in [5.41, 5.74) is 0. The lowest BCUT2D eigenvalue weighted by Crippen LogP contribution is -2.17. The van der Waals surface area contributed by atoms with Crippen LogP contribution >= 0.6 is 11.6 Å². The smallest absolute Gasteiger partial charge is 0.138 e. The van der Waals surface area contributed by atoms with E-state index in [1.165, 1.54) is 12.1 Å². The van der Waals surface area contributed by atoms with Gasteiger partial charge in [-0.25, -0.2) is 4.39 Å². The standard InChI is InChI=1S/C12H13ClFNO/c13-11-3-7(14)1-2-12(11)16-6-10-8-4-15-5-9(8)10/h1-3,8-10,15H,4-6H2/t8-,9+,10?. The summed E-state index contributed by atoms with van der Waals surface area (Å²) in [5.74, 6) is 2.46. The number of hydrogen-bond acceptors (Lipinski definition) is 2. The molecule has 1 heterocycles. The van der Waals surface area contributed by atoms with Crippen LogP contribution < -0.4 is 10.1 Å². The predicted octanol–water partition coefficient (Wildman–Crippen LogP) is 2.32. The molecule has 1 unspecified atom stereocenters. The predicted molar refractivity (Wildman–Crippen MR) is 60.2 cm³/mol. The first kappa shape index (κ1) is 10.4. The Morgan fingerprint density at radius 1 is 1.38 bits per heavy atom. The van der Waals surface area contributed by atoms with E-state index in [0.29, 0.717) is 23.3 Å². The molecule has 0 bridgehead atoms. The van der Waals surface area contributed by atoms with Gasteiger partial charge in [0.25, 0.3) is 0 Å². The van der Waals surface area contributed by atoms with E-state index < -0.39 is 0 Å². The lowest BCUT2D eigenvalue weighted by atomic mass is 10.3. The summed E-state index contributed by atoms with van der Waals surface area (Å²) in [4.78, 5) is 0. The third-order valence-electron chi connectivity index (χ3n) is 3.59. The van der Waals surface area contributed by atoms with E-state index in [1.807, 2.05) is 0 Å². The first-order valence-corrected chi connectivity index (χ1v) is 5.92. The maximum absolute atomic E-state index is 12.8. The molecule has 1 aliphatic heterocycles. The number of rotatable bonds is 3. The molecule has 0 amide bonds. The van der Waals surface area contributed by atoms with Crippen molar-refractivity contribution in [3.63, 3.8) is 0 Å². The Labute approximate surface area is 98.7 Å². The van der Waals surface area contributed by atoms with Gasteiger partial charge in [-0.1, -0.05) is 11.6 Å². The summed E-state index contributed by atoms with van der Waals surface area (Å²) in [6.07, 6.45) is 0. The monoisotopic (exact) mass is 241 g/mol. The summed E-state index contributed by atoms with van der Waals surface area (Å²) in [6.45, 7) is 2.91. The van der Waals surface area contributed by atoms with Crippen LogP contribution in [0.5, 0.6) is 5.75 Å². The molecule has 2 fully saturated rings. The van der Waals surface area contributed by atoms with Gasteiger partial charge < -0.3 is 10.1 Å². The zero-order chi connectivity index (χ0) is 11.1. The van der Waals surface area contributed by atoms with E-state index in [1.54, 1.807) is 6.07 Å².